The van der Waals surface area contributed by atoms with Crippen LogP contribution in [-0.2, 0) is 9.53 Å². The monoisotopic (exact) mass is 374 g/mol. The number of carbonyl (C=O) groups excluding carboxylic acids is 2. The van der Waals surface area contributed by atoms with Crippen molar-refractivity contribution in [3.63, 3.8) is 0 Å². The van der Waals surface area contributed by atoms with Crippen molar-refractivity contribution in [1.82, 2.24) is 10.2 Å². The number of amides is 2. The minimum Gasteiger partial charge on any atom is -0.463 e. The molecule has 0 radical (unpaired) electrons. The van der Waals surface area contributed by atoms with Gasteiger partial charge in [0.25, 0.3) is 0 Å². The highest BCUT2D eigenvalue weighted by atomic mass is 16.5. The molecule has 1 unspecified atom stereocenters. The summed E-state index contributed by atoms with van der Waals surface area (Å²) in [4.78, 5) is 27.4. The van der Waals surface area contributed by atoms with E-state index in [2.05, 4.69) is 17.2 Å². The van der Waals surface area contributed by atoms with E-state index in [4.69, 9.17) is 4.74 Å². The van der Waals surface area contributed by atoms with Crippen molar-refractivity contribution >= 4 is 17.7 Å². The van der Waals surface area contributed by atoms with Crippen molar-refractivity contribution in [2.75, 3.05) is 13.2 Å². The molecule has 5 nitrogen and oxygen atoms in total. The summed E-state index contributed by atoms with van der Waals surface area (Å²) in [6, 6.07) is 17.9. The molecule has 1 N–H and O–H groups in total. The lowest BCUT2D eigenvalue weighted by molar-refractivity contribution is -0.138. The number of urea groups is 1. The Balaban J connectivity index is 2.26. The molecule has 2 amide bonds. The topological polar surface area (TPSA) is 58.6 Å². The smallest absolute Gasteiger partial charge is 0.338 e. The van der Waals surface area contributed by atoms with E-state index in [1.54, 1.807) is 13.8 Å². The second kappa shape index (κ2) is 8.92. The molecular weight excluding hydrogens is 352 g/mol. The van der Waals surface area contributed by atoms with Crippen LogP contribution in [0.15, 0.2) is 66.2 Å². The third-order valence-electron chi connectivity index (χ3n) is 4.42. The molecule has 0 aliphatic carbocycles. The normalized spacial score (nSPS) is 16.1. The Morgan fingerprint density at radius 2 is 1.75 bits per heavy atom. The average molecular weight is 374 g/mol. The third kappa shape index (κ3) is 3.91. The van der Waals surface area contributed by atoms with E-state index in [-0.39, 0.29) is 19.2 Å². The van der Waals surface area contributed by atoms with Crippen molar-refractivity contribution in [2.45, 2.75) is 19.9 Å². The van der Waals surface area contributed by atoms with Crippen molar-refractivity contribution < 1.29 is 14.3 Å². The van der Waals surface area contributed by atoms with Gasteiger partial charge >= 0.3 is 12.0 Å². The maximum atomic E-state index is 13.0. The summed E-state index contributed by atoms with van der Waals surface area (Å²) in [7, 11) is 0. The number of benzene rings is 2. The highest BCUT2D eigenvalue weighted by Crippen LogP contribution is 2.36. The molecule has 2 aromatic rings. The molecule has 1 aliphatic heterocycles. The molecule has 0 spiro atoms. The molecule has 2 aromatic carbocycles. The van der Waals surface area contributed by atoms with Gasteiger partial charge in [-0.05, 0) is 25.0 Å². The predicted molar refractivity (Wildman–Crippen MR) is 108 cm³/mol. The van der Waals surface area contributed by atoms with Crippen LogP contribution in [0.25, 0.3) is 5.70 Å². The summed E-state index contributed by atoms with van der Waals surface area (Å²) in [6.45, 7) is 3.90. The van der Waals surface area contributed by atoms with Crippen molar-refractivity contribution in [2.24, 2.45) is 0 Å². The number of nitrogens with zero attached hydrogens (tertiary/aromatic N) is 1. The first kappa shape index (κ1) is 19.2. The summed E-state index contributed by atoms with van der Waals surface area (Å²) < 4.78 is 5.36. The van der Waals surface area contributed by atoms with E-state index in [1.807, 2.05) is 60.7 Å². The Kier molecular flexibility index (Phi) is 6.13. The molecule has 1 heterocycles. The molecule has 3 rings (SSSR count). The van der Waals surface area contributed by atoms with E-state index >= 15 is 0 Å². The molecule has 0 fully saturated rings. The van der Waals surface area contributed by atoms with Crippen LogP contribution in [0, 0.1) is 11.8 Å². The first-order valence-electron chi connectivity index (χ1n) is 9.16. The number of esters is 1. The zero-order valence-corrected chi connectivity index (χ0v) is 15.9. The molecule has 0 bridgehead atoms. The number of ether oxygens (including phenoxy) is 1. The number of carbonyl (C=O) groups is 2. The Morgan fingerprint density at radius 1 is 1.11 bits per heavy atom. The van der Waals surface area contributed by atoms with Gasteiger partial charge in [0.05, 0.1) is 30.5 Å². The van der Waals surface area contributed by atoms with Gasteiger partial charge < -0.3 is 10.1 Å². The van der Waals surface area contributed by atoms with Crippen LogP contribution in [-0.4, -0.2) is 30.1 Å². The van der Waals surface area contributed by atoms with Crippen LogP contribution >= 0.6 is 0 Å². The SMILES string of the molecule is CC#CCN1C(=O)NC(c2ccccc2)C(C(=O)OCC)=C1c1ccccc1. The standard InChI is InChI=1S/C23H22N2O3/c1-3-5-16-25-21(18-14-10-7-11-15-18)19(22(26)28-4-2)20(24-23(25)27)17-12-8-6-9-13-17/h6-15,20H,4,16H2,1-2H3,(H,24,27). The maximum absolute atomic E-state index is 13.0. The molecule has 0 saturated carbocycles. The van der Waals surface area contributed by atoms with Gasteiger partial charge in [0.15, 0.2) is 0 Å². The Morgan fingerprint density at radius 3 is 2.36 bits per heavy atom. The lowest BCUT2D eigenvalue weighted by Gasteiger charge is -2.36. The lowest BCUT2D eigenvalue weighted by atomic mass is 9.92. The molecule has 0 aromatic heterocycles. The largest absolute Gasteiger partial charge is 0.463 e. The highest BCUT2D eigenvalue weighted by molar-refractivity contribution is 6.04. The fourth-order valence-corrected chi connectivity index (χ4v) is 3.19. The Hall–Kier alpha value is -3.52. The number of nitrogens with one attached hydrogen (secondary N) is 1. The fourth-order valence-electron chi connectivity index (χ4n) is 3.19. The van der Waals surface area contributed by atoms with Crippen molar-refractivity contribution in [1.29, 1.82) is 0 Å². The summed E-state index contributed by atoms with van der Waals surface area (Å²) in [5.41, 5.74) is 2.50. The minimum atomic E-state index is -0.603. The summed E-state index contributed by atoms with van der Waals surface area (Å²) in [5, 5.41) is 2.94. The zero-order valence-electron chi connectivity index (χ0n) is 15.9. The number of rotatable bonds is 5. The fraction of sp³-hybridized carbons (Fsp3) is 0.217. The molecule has 142 valence electrons. The first-order valence-corrected chi connectivity index (χ1v) is 9.16. The van der Waals surface area contributed by atoms with Gasteiger partial charge in [-0.2, -0.15) is 0 Å². The van der Waals surface area contributed by atoms with Gasteiger partial charge in [-0.25, -0.2) is 9.59 Å². The predicted octanol–water partition coefficient (Wildman–Crippen LogP) is 3.75. The van der Waals surface area contributed by atoms with E-state index < -0.39 is 12.0 Å². The van der Waals surface area contributed by atoms with Gasteiger partial charge in [-0.1, -0.05) is 66.6 Å². The molecule has 28 heavy (non-hydrogen) atoms. The van der Waals surface area contributed by atoms with Crippen LogP contribution in [0.1, 0.15) is 31.0 Å². The van der Waals surface area contributed by atoms with E-state index in [0.717, 1.165) is 11.1 Å². The van der Waals surface area contributed by atoms with E-state index in [0.29, 0.717) is 11.3 Å². The summed E-state index contributed by atoms with van der Waals surface area (Å²) >= 11 is 0. The van der Waals surface area contributed by atoms with Crippen LogP contribution in [0.3, 0.4) is 0 Å². The summed E-state index contributed by atoms with van der Waals surface area (Å²) in [5.74, 6) is 5.28. The average Bonchev–Trinajstić information content (AvgIpc) is 2.73. The zero-order chi connectivity index (χ0) is 19.9. The van der Waals surface area contributed by atoms with Crippen LogP contribution in [0.4, 0.5) is 4.79 Å². The third-order valence-corrected chi connectivity index (χ3v) is 4.42. The van der Waals surface area contributed by atoms with Crippen LogP contribution in [0.2, 0.25) is 0 Å². The van der Waals surface area contributed by atoms with Crippen molar-refractivity contribution in [3.8, 4) is 11.8 Å². The van der Waals surface area contributed by atoms with Gasteiger partial charge in [-0.15, -0.1) is 5.92 Å². The highest BCUT2D eigenvalue weighted by Gasteiger charge is 2.38. The Labute approximate surface area is 165 Å². The maximum Gasteiger partial charge on any atom is 0.338 e. The summed E-state index contributed by atoms with van der Waals surface area (Å²) in [6.07, 6.45) is 0. The second-order valence-electron chi connectivity index (χ2n) is 6.15. The second-order valence-corrected chi connectivity index (χ2v) is 6.15. The van der Waals surface area contributed by atoms with Gasteiger partial charge in [0, 0.05) is 0 Å². The molecule has 5 heteroatoms. The van der Waals surface area contributed by atoms with Gasteiger partial charge in [-0.3, -0.25) is 4.90 Å². The molecule has 1 atom stereocenters. The molecule has 0 saturated heterocycles. The van der Waals surface area contributed by atoms with Crippen molar-refractivity contribution in [3.05, 3.63) is 77.4 Å². The van der Waals surface area contributed by atoms with E-state index in [1.165, 1.54) is 4.90 Å². The quantitative estimate of drug-likeness (QED) is 0.641. The van der Waals surface area contributed by atoms with E-state index in [9.17, 15) is 9.59 Å². The Bertz CT molecular complexity index is 940. The van der Waals surface area contributed by atoms with Crippen LogP contribution in [0.5, 0.6) is 0 Å². The number of hydrogen-bond acceptors (Lipinski definition) is 3. The lowest BCUT2D eigenvalue weighted by Crippen LogP contribution is -2.48. The van der Waals surface area contributed by atoms with Crippen LogP contribution < -0.4 is 5.32 Å². The van der Waals surface area contributed by atoms with Gasteiger partial charge in [0.2, 0.25) is 0 Å². The van der Waals surface area contributed by atoms with Gasteiger partial charge in [0.1, 0.15) is 0 Å². The molecular formula is C23H22N2O3. The minimum absolute atomic E-state index is 0.178. The number of hydrogen-bond donors (Lipinski definition) is 1. The molecule has 1 aliphatic rings. The first-order chi connectivity index (χ1) is 13.7.